The summed E-state index contributed by atoms with van der Waals surface area (Å²) >= 11 is 0. The van der Waals surface area contributed by atoms with E-state index in [0.29, 0.717) is 0 Å². The van der Waals surface area contributed by atoms with E-state index in [0.717, 1.165) is 12.1 Å². The third kappa shape index (κ3) is 2.73. The summed E-state index contributed by atoms with van der Waals surface area (Å²) in [7, 11) is -0.317. The molecule has 0 amide bonds. The quantitative estimate of drug-likeness (QED) is 0.813. The number of aromatic nitrogens is 1. The van der Waals surface area contributed by atoms with Gasteiger partial charge in [-0.2, -0.15) is 0 Å². The molecule has 0 bridgehead atoms. The molecule has 0 atom stereocenters. The monoisotopic (exact) mass is 297 g/mol. The molecule has 0 spiro atoms. The molecule has 3 nitrogen and oxygen atoms in total. The van der Waals surface area contributed by atoms with Gasteiger partial charge in [0.25, 0.3) is 0 Å². The lowest BCUT2D eigenvalue weighted by Gasteiger charge is -2.32. The molecule has 1 aliphatic heterocycles. The Morgan fingerprint density at radius 2 is 1.59 bits per heavy atom. The number of nitrogens with zero attached hydrogens (tertiary/aromatic N) is 1. The van der Waals surface area contributed by atoms with Crippen molar-refractivity contribution in [2.45, 2.75) is 52.4 Å². The maximum Gasteiger partial charge on any atom is 0.512 e. The van der Waals surface area contributed by atoms with E-state index in [4.69, 9.17) is 9.31 Å². The van der Waals surface area contributed by atoms with Crippen LogP contribution in [0.5, 0.6) is 0 Å². The zero-order valence-corrected chi connectivity index (χ0v) is 14.1. The Hall–Kier alpha value is -1.52. The highest BCUT2D eigenvalue weighted by molar-refractivity contribution is 6.61. The van der Waals surface area contributed by atoms with Crippen molar-refractivity contribution >= 4 is 12.7 Å². The number of hydrogen-bond donors (Lipinski definition) is 0. The number of aryl methyl sites for hydroxylation is 1. The second kappa shape index (κ2) is 5.29. The van der Waals surface area contributed by atoms with Gasteiger partial charge in [0.1, 0.15) is 0 Å². The Bertz CT molecular complexity index is 645. The SMILES string of the molecule is Cc1cc(B2OC(C)(C)C(C)(C)O2)n(Cc2ccccc2)c1. The summed E-state index contributed by atoms with van der Waals surface area (Å²) in [5, 5.41) is 0. The number of rotatable bonds is 3. The maximum atomic E-state index is 6.20. The average Bonchev–Trinajstić information content (AvgIpc) is 2.88. The molecule has 1 fully saturated rings. The van der Waals surface area contributed by atoms with Crippen molar-refractivity contribution in [2.75, 3.05) is 0 Å². The highest BCUT2D eigenvalue weighted by Gasteiger charge is 2.52. The lowest BCUT2D eigenvalue weighted by molar-refractivity contribution is 0.00578. The lowest BCUT2D eigenvalue weighted by atomic mass is 9.84. The summed E-state index contributed by atoms with van der Waals surface area (Å²) < 4.78 is 14.6. The van der Waals surface area contributed by atoms with Gasteiger partial charge in [-0.3, -0.25) is 0 Å². The van der Waals surface area contributed by atoms with Crippen LogP contribution in [0.1, 0.15) is 38.8 Å². The van der Waals surface area contributed by atoms with E-state index in [1.54, 1.807) is 0 Å². The second-order valence-electron chi connectivity index (χ2n) is 7.14. The van der Waals surface area contributed by atoms with Crippen LogP contribution < -0.4 is 5.59 Å². The second-order valence-corrected chi connectivity index (χ2v) is 7.14. The van der Waals surface area contributed by atoms with Gasteiger partial charge in [0.2, 0.25) is 0 Å². The van der Waals surface area contributed by atoms with E-state index in [-0.39, 0.29) is 18.3 Å². The van der Waals surface area contributed by atoms with Crippen LogP contribution in [0.4, 0.5) is 0 Å². The molecular weight excluding hydrogens is 273 g/mol. The van der Waals surface area contributed by atoms with Gasteiger partial charge < -0.3 is 13.9 Å². The van der Waals surface area contributed by atoms with E-state index < -0.39 is 0 Å². The molecule has 1 saturated heterocycles. The molecular formula is C18H24BNO2. The first-order chi connectivity index (χ1) is 10.3. The molecule has 0 N–H and O–H groups in total. The Morgan fingerprint density at radius 3 is 2.18 bits per heavy atom. The predicted octanol–water partition coefficient (Wildman–Crippen LogP) is 3.14. The van der Waals surface area contributed by atoms with Crippen LogP contribution in [-0.4, -0.2) is 22.9 Å². The lowest BCUT2D eigenvalue weighted by Crippen LogP contribution is -2.41. The fourth-order valence-electron chi connectivity index (χ4n) is 2.76. The van der Waals surface area contributed by atoms with Crippen LogP contribution in [0.3, 0.4) is 0 Å². The summed E-state index contributed by atoms with van der Waals surface area (Å²) in [6.07, 6.45) is 2.16. The van der Waals surface area contributed by atoms with E-state index >= 15 is 0 Å². The third-order valence-corrected chi connectivity index (χ3v) is 4.76. The summed E-state index contributed by atoms with van der Waals surface area (Å²) in [6.45, 7) is 11.3. The van der Waals surface area contributed by atoms with E-state index in [1.165, 1.54) is 11.1 Å². The van der Waals surface area contributed by atoms with Crippen LogP contribution in [0, 0.1) is 6.92 Å². The van der Waals surface area contributed by atoms with Crippen molar-refractivity contribution in [1.29, 1.82) is 0 Å². The molecule has 0 aliphatic carbocycles. The van der Waals surface area contributed by atoms with Crippen molar-refractivity contribution < 1.29 is 9.31 Å². The van der Waals surface area contributed by atoms with Crippen LogP contribution >= 0.6 is 0 Å². The van der Waals surface area contributed by atoms with Gasteiger partial charge in [-0.15, -0.1) is 0 Å². The molecule has 0 radical (unpaired) electrons. The minimum atomic E-state index is -0.317. The fraction of sp³-hybridized carbons (Fsp3) is 0.444. The first-order valence-corrected chi connectivity index (χ1v) is 7.85. The van der Waals surface area contributed by atoms with Crippen molar-refractivity contribution in [1.82, 2.24) is 4.57 Å². The normalized spacial score (nSPS) is 19.6. The minimum Gasteiger partial charge on any atom is -0.398 e. The molecule has 22 heavy (non-hydrogen) atoms. The Morgan fingerprint density at radius 1 is 1.00 bits per heavy atom. The van der Waals surface area contributed by atoms with E-state index in [2.05, 4.69) is 75.7 Å². The zero-order chi connectivity index (χ0) is 16.0. The first-order valence-electron chi connectivity index (χ1n) is 7.85. The topological polar surface area (TPSA) is 23.4 Å². The Balaban J connectivity index is 1.90. The standard InChI is InChI=1S/C18H24BNO2/c1-14-11-16(19-21-17(2,3)18(4,5)22-19)20(12-14)13-15-9-7-6-8-10-15/h6-12H,13H2,1-5H3. The largest absolute Gasteiger partial charge is 0.512 e. The van der Waals surface area contributed by atoms with Crippen LogP contribution in [0.15, 0.2) is 42.6 Å². The summed E-state index contributed by atoms with van der Waals surface area (Å²) in [5.41, 5.74) is 2.96. The van der Waals surface area contributed by atoms with Crippen molar-refractivity contribution in [2.24, 2.45) is 0 Å². The molecule has 2 heterocycles. The van der Waals surface area contributed by atoms with Crippen LogP contribution in [0.2, 0.25) is 0 Å². The van der Waals surface area contributed by atoms with Crippen molar-refractivity contribution in [3.63, 3.8) is 0 Å². The molecule has 1 aromatic carbocycles. The molecule has 116 valence electrons. The Labute approximate surface area is 133 Å². The fourth-order valence-corrected chi connectivity index (χ4v) is 2.76. The highest BCUT2D eigenvalue weighted by Crippen LogP contribution is 2.36. The molecule has 0 unspecified atom stereocenters. The third-order valence-electron chi connectivity index (χ3n) is 4.76. The maximum absolute atomic E-state index is 6.20. The van der Waals surface area contributed by atoms with Gasteiger partial charge in [0.05, 0.1) is 11.2 Å². The van der Waals surface area contributed by atoms with Gasteiger partial charge in [0.15, 0.2) is 0 Å². The zero-order valence-electron chi connectivity index (χ0n) is 14.1. The van der Waals surface area contributed by atoms with Crippen LogP contribution in [-0.2, 0) is 15.9 Å². The van der Waals surface area contributed by atoms with Crippen molar-refractivity contribution in [3.05, 3.63) is 53.7 Å². The number of benzene rings is 1. The highest BCUT2D eigenvalue weighted by atomic mass is 16.7. The van der Waals surface area contributed by atoms with E-state index in [9.17, 15) is 0 Å². The summed E-state index contributed by atoms with van der Waals surface area (Å²) in [6, 6.07) is 12.6. The van der Waals surface area contributed by atoms with Gasteiger partial charge >= 0.3 is 7.12 Å². The predicted molar refractivity (Wildman–Crippen MR) is 90.4 cm³/mol. The smallest absolute Gasteiger partial charge is 0.398 e. The molecule has 1 aliphatic rings. The van der Waals surface area contributed by atoms with Crippen molar-refractivity contribution in [3.8, 4) is 0 Å². The molecule has 3 rings (SSSR count). The first kappa shape index (κ1) is 15.4. The van der Waals surface area contributed by atoms with Gasteiger partial charge in [-0.1, -0.05) is 30.3 Å². The number of hydrogen-bond acceptors (Lipinski definition) is 2. The molecule has 2 aromatic rings. The summed E-state index contributed by atoms with van der Waals surface area (Å²) in [4.78, 5) is 0. The molecule has 0 saturated carbocycles. The van der Waals surface area contributed by atoms with E-state index in [1.807, 2.05) is 6.07 Å². The van der Waals surface area contributed by atoms with Crippen LogP contribution in [0.25, 0.3) is 0 Å². The molecule has 4 heteroatoms. The minimum absolute atomic E-state index is 0.312. The average molecular weight is 297 g/mol. The van der Waals surface area contributed by atoms with Gasteiger partial charge in [0, 0.05) is 18.3 Å². The summed E-state index contributed by atoms with van der Waals surface area (Å²) in [5.74, 6) is 0. The van der Waals surface area contributed by atoms with Gasteiger partial charge in [-0.25, -0.2) is 0 Å². The van der Waals surface area contributed by atoms with Gasteiger partial charge in [-0.05, 0) is 51.8 Å². The Kier molecular flexibility index (Phi) is 3.70. The molecule has 1 aromatic heterocycles.